The molecule has 0 aromatic carbocycles. The third-order valence-electron chi connectivity index (χ3n) is 3.14. The van der Waals surface area contributed by atoms with E-state index in [9.17, 15) is 4.79 Å². The maximum Gasteiger partial charge on any atom is 0.148 e. The standard InChI is InChI=1S/C10H17NO2/c1-8(10-3-2-6-13-10)11-5-4-9(12)7-11/h8,10H,2-7H2,1H3. The van der Waals surface area contributed by atoms with Gasteiger partial charge in [-0.05, 0) is 19.8 Å². The lowest BCUT2D eigenvalue weighted by molar-refractivity contribution is -0.117. The fourth-order valence-electron chi connectivity index (χ4n) is 2.22. The summed E-state index contributed by atoms with van der Waals surface area (Å²) in [6.45, 7) is 4.65. The summed E-state index contributed by atoms with van der Waals surface area (Å²) in [7, 11) is 0. The van der Waals surface area contributed by atoms with Crippen LogP contribution in [-0.2, 0) is 9.53 Å². The van der Waals surface area contributed by atoms with E-state index in [-0.39, 0.29) is 0 Å². The second-order valence-electron chi connectivity index (χ2n) is 4.05. The lowest BCUT2D eigenvalue weighted by Crippen LogP contribution is -2.39. The van der Waals surface area contributed by atoms with Gasteiger partial charge in [0.05, 0.1) is 12.6 Å². The van der Waals surface area contributed by atoms with Gasteiger partial charge in [0.1, 0.15) is 5.78 Å². The molecule has 0 bridgehead atoms. The topological polar surface area (TPSA) is 29.5 Å². The fraction of sp³-hybridized carbons (Fsp3) is 0.900. The normalized spacial score (nSPS) is 32.7. The molecule has 0 N–H and O–H groups in total. The molecule has 0 saturated carbocycles. The van der Waals surface area contributed by atoms with E-state index in [4.69, 9.17) is 4.74 Å². The van der Waals surface area contributed by atoms with Gasteiger partial charge >= 0.3 is 0 Å². The number of likely N-dealkylation sites (tertiary alicyclic amines) is 1. The maximum absolute atomic E-state index is 11.1. The summed E-state index contributed by atoms with van der Waals surface area (Å²) in [4.78, 5) is 13.3. The summed E-state index contributed by atoms with van der Waals surface area (Å²) in [5.74, 6) is 0.379. The number of carbonyl (C=O) groups excluding carboxylic acids is 1. The highest BCUT2D eigenvalue weighted by atomic mass is 16.5. The average Bonchev–Trinajstić information content (AvgIpc) is 2.72. The molecule has 2 fully saturated rings. The van der Waals surface area contributed by atoms with E-state index in [1.54, 1.807) is 0 Å². The number of ether oxygens (including phenoxy) is 1. The van der Waals surface area contributed by atoms with E-state index in [0.29, 0.717) is 24.5 Å². The molecule has 0 radical (unpaired) electrons. The predicted octanol–water partition coefficient (Wildman–Crippen LogP) is 0.829. The Bertz CT molecular complexity index is 199. The number of hydrogen-bond acceptors (Lipinski definition) is 3. The number of rotatable bonds is 2. The van der Waals surface area contributed by atoms with Gasteiger partial charge in [-0.3, -0.25) is 9.69 Å². The highest BCUT2D eigenvalue weighted by Crippen LogP contribution is 2.21. The Balaban J connectivity index is 1.88. The number of hydrogen-bond donors (Lipinski definition) is 0. The van der Waals surface area contributed by atoms with Gasteiger partial charge in [0.2, 0.25) is 0 Å². The zero-order chi connectivity index (χ0) is 9.26. The van der Waals surface area contributed by atoms with Crippen LogP contribution < -0.4 is 0 Å². The van der Waals surface area contributed by atoms with Crippen LogP contribution >= 0.6 is 0 Å². The van der Waals surface area contributed by atoms with Crippen molar-refractivity contribution in [2.75, 3.05) is 19.7 Å². The SMILES string of the molecule is CC(C1CCCO1)N1CCC(=O)C1. The van der Waals surface area contributed by atoms with Gasteiger partial charge in [0, 0.05) is 25.6 Å². The molecule has 0 aromatic rings. The van der Waals surface area contributed by atoms with Gasteiger partial charge < -0.3 is 4.74 Å². The van der Waals surface area contributed by atoms with Crippen LogP contribution in [0.3, 0.4) is 0 Å². The van der Waals surface area contributed by atoms with E-state index >= 15 is 0 Å². The van der Waals surface area contributed by atoms with Gasteiger partial charge in [0.25, 0.3) is 0 Å². The molecule has 2 heterocycles. The van der Waals surface area contributed by atoms with Crippen molar-refractivity contribution in [3.63, 3.8) is 0 Å². The average molecular weight is 183 g/mol. The van der Waals surface area contributed by atoms with Gasteiger partial charge in [-0.1, -0.05) is 0 Å². The minimum absolute atomic E-state index is 0.367. The molecule has 2 aliphatic heterocycles. The molecule has 2 aliphatic rings. The van der Waals surface area contributed by atoms with E-state index < -0.39 is 0 Å². The molecular weight excluding hydrogens is 166 g/mol. The lowest BCUT2D eigenvalue weighted by atomic mass is 10.1. The van der Waals surface area contributed by atoms with Crippen LogP contribution in [0.1, 0.15) is 26.2 Å². The molecule has 0 spiro atoms. The summed E-state index contributed by atoms with van der Waals surface area (Å²) in [5.41, 5.74) is 0. The summed E-state index contributed by atoms with van der Waals surface area (Å²) in [5, 5.41) is 0. The highest BCUT2D eigenvalue weighted by Gasteiger charge is 2.31. The van der Waals surface area contributed by atoms with E-state index in [0.717, 1.165) is 26.0 Å². The van der Waals surface area contributed by atoms with E-state index in [1.807, 2.05) is 0 Å². The largest absolute Gasteiger partial charge is 0.377 e. The predicted molar refractivity (Wildman–Crippen MR) is 49.6 cm³/mol. The molecular formula is C10H17NO2. The van der Waals surface area contributed by atoms with Crippen molar-refractivity contribution in [2.45, 2.75) is 38.3 Å². The molecule has 74 valence electrons. The smallest absolute Gasteiger partial charge is 0.148 e. The van der Waals surface area contributed by atoms with Crippen molar-refractivity contribution in [3.05, 3.63) is 0 Å². The number of carbonyl (C=O) groups is 1. The highest BCUT2D eigenvalue weighted by molar-refractivity contribution is 5.82. The van der Waals surface area contributed by atoms with Crippen LogP contribution in [0.15, 0.2) is 0 Å². The molecule has 2 saturated heterocycles. The van der Waals surface area contributed by atoms with E-state index in [2.05, 4.69) is 11.8 Å². The Hall–Kier alpha value is -0.410. The summed E-state index contributed by atoms with van der Waals surface area (Å²) < 4.78 is 5.61. The van der Waals surface area contributed by atoms with Crippen molar-refractivity contribution >= 4 is 5.78 Å². The van der Waals surface area contributed by atoms with Crippen LogP contribution in [0, 0.1) is 0 Å². The van der Waals surface area contributed by atoms with Gasteiger partial charge in [-0.25, -0.2) is 0 Å². The third kappa shape index (κ3) is 1.92. The van der Waals surface area contributed by atoms with Crippen molar-refractivity contribution < 1.29 is 9.53 Å². The van der Waals surface area contributed by atoms with Crippen molar-refractivity contribution in [1.29, 1.82) is 0 Å². The van der Waals surface area contributed by atoms with E-state index in [1.165, 1.54) is 6.42 Å². The number of ketones is 1. The summed E-state index contributed by atoms with van der Waals surface area (Å²) in [6, 6.07) is 0.425. The second-order valence-corrected chi connectivity index (χ2v) is 4.05. The maximum atomic E-state index is 11.1. The van der Waals surface area contributed by atoms with Crippen molar-refractivity contribution in [3.8, 4) is 0 Å². The Morgan fingerprint density at radius 2 is 2.46 bits per heavy atom. The fourth-order valence-corrected chi connectivity index (χ4v) is 2.22. The first kappa shape index (κ1) is 9.16. The first-order valence-corrected chi connectivity index (χ1v) is 5.15. The van der Waals surface area contributed by atoms with Crippen LogP contribution in [0.4, 0.5) is 0 Å². The third-order valence-corrected chi connectivity index (χ3v) is 3.14. The van der Waals surface area contributed by atoms with Crippen LogP contribution in [-0.4, -0.2) is 42.5 Å². The molecule has 0 aliphatic carbocycles. The van der Waals surface area contributed by atoms with Crippen LogP contribution in [0.25, 0.3) is 0 Å². The Labute approximate surface area is 79.0 Å². The van der Waals surface area contributed by atoms with Crippen molar-refractivity contribution in [2.24, 2.45) is 0 Å². The van der Waals surface area contributed by atoms with Gasteiger partial charge in [0.15, 0.2) is 0 Å². The minimum Gasteiger partial charge on any atom is -0.377 e. The molecule has 3 heteroatoms. The second kappa shape index (κ2) is 3.76. The molecule has 0 aromatic heterocycles. The molecule has 13 heavy (non-hydrogen) atoms. The number of nitrogens with zero attached hydrogens (tertiary/aromatic N) is 1. The number of Topliss-reactive ketones (excluding diaryl/α,β-unsaturated/α-hetero) is 1. The van der Waals surface area contributed by atoms with Crippen LogP contribution in [0.2, 0.25) is 0 Å². The first-order valence-electron chi connectivity index (χ1n) is 5.15. The van der Waals surface area contributed by atoms with Gasteiger partial charge in [-0.15, -0.1) is 0 Å². The summed E-state index contributed by atoms with van der Waals surface area (Å²) >= 11 is 0. The van der Waals surface area contributed by atoms with Crippen LogP contribution in [0.5, 0.6) is 0 Å². The Kier molecular flexibility index (Phi) is 2.65. The molecule has 2 rings (SSSR count). The van der Waals surface area contributed by atoms with Crippen molar-refractivity contribution in [1.82, 2.24) is 4.90 Å². The zero-order valence-corrected chi connectivity index (χ0v) is 8.16. The molecule has 3 nitrogen and oxygen atoms in total. The quantitative estimate of drug-likeness (QED) is 0.635. The Morgan fingerprint density at radius 3 is 3.00 bits per heavy atom. The summed E-state index contributed by atoms with van der Waals surface area (Å²) in [6.07, 6.45) is 3.44. The zero-order valence-electron chi connectivity index (χ0n) is 8.16. The molecule has 2 atom stereocenters. The molecule has 0 amide bonds. The lowest BCUT2D eigenvalue weighted by Gasteiger charge is -2.27. The molecule has 2 unspecified atom stereocenters. The Morgan fingerprint density at radius 1 is 1.62 bits per heavy atom. The first-order chi connectivity index (χ1) is 6.27. The monoisotopic (exact) mass is 183 g/mol. The minimum atomic E-state index is 0.367. The van der Waals surface area contributed by atoms with Gasteiger partial charge in [-0.2, -0.15) is 0 Å².